The fourth-order valence-electron chi connectivity index (χ4n) is 3.04. The summed E-state index contributed by atoms with van der Waals surface area (Å²) >= 11 is 0. The van der Waals surface area contributed by atoms with E-state index in [0.717, 1.165) is 12.0 Å². The SMILES string of the molecule is CC(C)C[C@H](N)C(=O)NN.CCC[C@H](N)C(=O)O.CCNC(=O)N[C@@H](Cc1ccccc1)C(=O)O.NCCC[C@H](N)C(=O)O. The van der Waals surface area contributed by atoms with Gasteiger partial charge >= 0.3 is 23.9 Å². The largest absolute Gasteiger partial charge is 0.480 e. The van der Waals surface area contributed by atoms with Gasteiger partial charge in [0.1, 0.15) is 18.1 Å². The molecule has 0 saturated carbocycles. The third-order valence-electron chi connectivity index (χ3n) is 5.38. The topological polar surface area (TPSA) is 312 Å². The van der Waals surface area contributed by atoms with E-state index in [1.165, 1.54) is 0 Å². The van der Waals surface area contributed by atoms with Gasteiger partial charge in [0, 0.05) is 13.0 Å². The molecule has 1 aromatic carbocycles. The summed E-state index contributed by atoms with van der Waals surface area (Å²) in [6.07, 6.45) is 3.47. The minimum Gasteiger partial charge on any atom is -0.480 e. The number of carboxylic acid groups (broad SMARTS) is 3. The Morgan fingerprint density at radius 1 is 0.818 bits per heavy atom. The van der Waals surface area contributed by atoms with Crippen LogP contribution in [0, 0.1) is 5.92 Å². The maximum Gasteiger partial charge on any atom is 0.326 e. The zero-order valence-corrected chi connectivity index (χ0v) is 26.2. The highest BCUT2D eigenvalue weighted by molar-refractivity contribution is 5.82. The highest BCUT2D eigenvalue weighted by Gasteiger charge is 2.19. The zero-order valence-electron chi connectivity index (χ0n) is 26.2. The number of urea groups is 1. The molecule has 0 heterocycles. The van der Waals surface area contributed by atoms with Crippen LogP contribution < -0.4 is 44.8 Å². The number of nitrogens with one attached hydrogen (secondary N) is 3. The molecular formula is C28H54N8O8. The summed E-state index contributed by atoms with van der Waals surface area (Å²) in [4.78, 5) is 53.0. The van der Waals surface area contributed by atoms with Crippen LogP contribution in [0.2, 0.25) is 0 Å². The van der Waals surface area contributed by atoms with Crippen molar-refractivity contribution >= 4 is 29.8 Å². The second kappa shape index (κ2) is 28.0. The van der Waals surface area contributed by atoms with Gasteiger partial charge in [-0.1, -0.05) is 57.5 Å². The van der Waals surface area contributed by atoms with Crippen LogP contribution in [-0.4, -0.2) is 82.4 Å². The normalized spacial score (nSPS) is 12.6. The van der Waals surface area contributed by atoms with Gasteiger partial charge in [-0.3, -0.25) is 19.8 Å². The first-order chi connectivity index (χ1) is 20.6. The van der Waals surface area contributed by atoms with Gasteiger partial charge in [-0.15, -0.1) is 0 Å². The molecule has 1 aromatic rings. The van der Waals surface area contributed by atoms with Crippen LogP contribution in [0.1, 0.15) is 65.4 Å². The molecule has 0 saturated heterocycles. The van der Waals surface area contributed by atoms with Gasteiger partial charge in [0.15, 0.2) is 0 Å². The summed E-state index contributed by atoms with van der Waals surface area (Å²) in [5, 5.41) is 30.4. The summed E-state index contributed by atoms with van der Waals surface area (Å²) in [7, 11) is 0. The van der Waals surface area contributed by atoms with Gasteiger partial charge in [-0.05, 0) is 50.6 Å². The molecule has 0 unspecified atom stereocenters. The second-order valence-corrected chi connectivity index (χ2v) is 9.94. The molecular weight excluding hydrogens is 576 g/mol. The van der Waals surface area contributed by atoms with Crippen LogP contribution in [0.4, 0.5) is 4.79 Å². The van der Waals surface area contributed by atoms with Crippen molar-refractivity contribution in [3.8, 4) is 0 Å². The van der Waals surface area contributed by atoms with Gasteiger partial charge < -0.3 is 48.9 Å². The number of hydrogen-bond acceptors (Lipinski definition) is 10. The molecule has 0 spiro atoms. The second-order valence-electron chi connectivity index (χ2n) is 9.94. The molecule has 0 radical (unpaired) electrons. The lowest BCUT2D eigenvalue weighted by molar-refractivity contribution is -0.139. The number of nitrogens with two attached hydrogens (primary N) is 5. The standard InChI is InChI=1S/C12H16N2O3.C6H15N3O.C5H12N2O2.C5H11NO2/c1-2-13-12(17)14-10(11(15)16)8-9-6-4-3-5-7-9;1-4(2)3-5(7)6(10)9-8;6-3-1-2-4(7)5(8)9;1-2-3-4(6)5(7)8/h3-7,10H,2,8H2,1H3,(H,15,16)(H2,13,14,17);4-5H,3,7-8H2,1-2H3,(H,9,10);4H,1-3,6-7H2,(H,8,9);4H,2-3,6H2,1H3,(H,7,8)/t10-;5-;2*4-/m0000/s1. The average molecular weight is 631 g/mol. The molecule has 0 aliphatic heterocycles. The van der Waals surface area contributed by atoms with E-state index in [2.05, 4.69) is 10.6 Å². The van der Waals surface area contributed by atoms with Crippen LogP contribution in [0.25, 0.3) is 0 Å². The van der Waals surface area contributed by atoms with Crippen molar-refractivity contribution in [3.05, 3.63) is 35.9 Å². The average Bonchev–Trinajstić information content (AvgIpc) is 2.96. The maximum atomic E-state index is 11.3. The van der Waals surface area contributed by atoms with Crippen LogP contribution >= 0.6 is 0 Å². The van der Waals surface area contributed by atoms with Gasteiger partial charge in [0.25, 0.3) is 5.91 Å². The summed E-state index contributed by atoms with van der Waals surface area (Å²) in [5.41, 5.74) is 23.7. The lowest BCUT2D eigenvalue weighted by Crippen LogP contribution is -2.47. The molecule has 0 aliphatic rings. The van der Waals surface area contributed by atoms with Crippen LogP contribution in [0.5, 0.6) is 0 Å². The van der Waals surface area contributed by atoms with Gasteiger partial charge in [0.2, 0.25) is 0 Å². The quantitative estimate of drug-likeness (QED) is 0.0673. The maximum absolute atomic E-state index is 11.3. The Morgan fingerprint density at radius 2 is 1.34 bits per heavy atom. The molecule has 0 fully saturated rings. The van der Waals surface area contributed by atoms with E-state index in [9.17, 15) is 24.0 Å². The summed E-state index contributed by atoms with van der Waals surface area (Å²) < 4.78 is 0. The molecule has 0 aliphatic carbocycles. The monoisotopic (exact) mass is 630 g/mol. The van der Waals surface area contributed by atoms with Gasteiger partial charge in [-0.25, -0.2) is 15.4 Å². The van der Waals surface area contributed by atoms with Crippen molar-refractivity contribution in [2.75, 3.05) is 13.1 Å². The first-order valence-electron chi connectivity index (χ1n) is 14.3. The Labute approximate surface area is 259 Å². The molecule has 0 bridgehead atoms. The molecule has 254 valence electrons. The van der Waals surface area contributed by atoms with Crippen LogP contribution in [0.3, 0.4) is 0 Å². The van der Waals surface area contributed by atoms with Crippen molar-refractivity contribution in [1.29, 1.82) is 0 Å². The first kappa shape index (κ1) is 44.6. The predicted molar refractivity (Wildman–Crippen MR) is 168 cm³/mol. The lowest BCUT2D eigenvalue weighted by atomic mass is 10.0. The molecule has 0 aromatic heterocycles. The van der Waals surface area contributed by atoms with E-state index in [1.807, 2.05) is 56.5 Å². The van der Waals surface area contributed by atoms with E-state index < -0.39 is 48.1 Å². The Kier molecular flexibility index (Phi) is 28.4. The molecule has 1 rings (SSSR count). The van der Waals surface area contributed by atoms with E-state index in [4.69, 9.17) is 44.1 Å². The molecule has 16 N–H and O–H groups in total. The van der Waals surface area contributed by atoms with E-state index in [0.29, 0.717) is 44.7 Å². The molecule has 44 heavy (non-hydrogen) atoms. The molecule has 4 atom stereocenters. The van der Waals surface area contributed by atoms with Crippen LogP contribution in [0.15, 0.2) is 30.3 Å². The first-order valence-corrected chi connectivity index (χ1v) is 14.3. The molecule has 3 amide bonds. The summed E-state index contributed by atoms with van der Waals surface area (Å²) in [5.74, 6) is 2.09. The van der Waals surface area contributed by atoms with Crippen molar-refractivity contribution in [2.24, 2.45) is 34.7 Å². The van der Waals surface area contributed by atoms with Crippen LogP contribution in [-0.2, 0) is 25.6 Å². The smallest absolute Gasteiger partial charge is 0.326 e. The third-order valence-corrected chi connectivity index (χ3v) is 5.38. The van der Waals surface area contributed by atoms with E-state index in [-0.39, 0.29) is 12.3 Å². The number of aliphatic carboxylic acids is 3. The Morgan fingerprint density at radius 3 is 1.70 bits per heavy atom. The number of amides is 3. The minimum absolute atomic E-state index is 0.271. The van der Waals surface area contributed by atoms with Crippen molar-refractivity contribution in [2.45, 2.75) is 90.4 Å². The zero-order chi connectivity index (χ0) is 34.7. The van der Waals surface area contributed by atoms with E-state index >= 15 is 0 Å². The number of carboxylic acids is 3. The van der Waals surface area contributed by atoms with Crippen molar-refractivity contribution in [1.82, 2.24) is 16.1 Å². The Bertz CT molecular complexity index is 937. The number of hydrogen-bond donors (Lipinski definition) is 11. The number of carbonyl (C=O) groups is 5. The number of benzene rings is 1. The highest BCUT2D eigenvalue weighted by atomic mass is 16.4. The molecule has 16 nitrogen and oxygen atoms in total. The summed E-state index contributed by atoms with van der Waals surface area (Å²) in [6, 6.07) is 5.93. The summed E-state index contributed by atoms with van der Waals surface area (Å²) in [6.45, 7) is 8.65. The van der Waals surface area contributed by atoms with Crippen molar-refractivity contribution < 1.29 is 39.3 Å². The predicted octanol–water partition coefficient (Wildman–Crippen LogP) is -0.313. The fraction of sp³-hybridized carbons (Fsp3) is 0.607. The highest BCUT2D eigenvalue weighted by Crippen LogP contribution is 2.03. The molecule has 16 heteroatoms. The third kappa shape index (κ3) is 27.0. The lowest BCUT2D eigenvalue weighted by Gasteiger charge is -2.14. The number of hydrazine groups is 1. The number of rotatable bonds is 15. The Hall–Kier alpha value is -3.83. The minimum atomic E-state index is -1.04. The fourth-order valence-corrected chi connectivity index (χ4v) is 3.04. The van der Waals surface area contributed by atoms with Crippen molar-refractivity contribution in [3.63, 3.8) is 0 Å². The van der Waals surface area contributed by atoms with E-state index in [1.54, 1.807) is 6.92 Å². The van der Waals surface area contributed by atoms with Gasteiger partial charge in [0.05, 0.1) is 6.04 Å². The number of carbonyl (C=O) groups excluding carboxylic acids is 2. The Balaban J connectivity index is -0.000000540. The van der Waals surface area contributed by atoms with Gasteiger partial charge in [-0.2, -0.15) is 0 Å².